The summed E-state index contributed by atoms with van der Waals surface area (Å²) in [6, 6.07) is 15.1. The van der Waals surface area contributed by atoms with Crippen LogP contribution in [0.15, 0.2) is 54.9 Å². The van der Waals surface area contributed by atoms with Crippen molar-refractivity contribution < 1.29 is 14.3 Å². The maximum atomic E-state index is 12.3. The highest BCUT2D eigenvalue weighted by Gasteiger charge is 2.14. The number of methoxy groups -OCH3 is 1. The normalized spacial score (nSPS) is 10.9. The van der Waals surface area contributed by atoms with Gasteiger partial charge in [-0.3, -0.25) is 10.00 Å². The Morgan fingerprint density at radius 2 is 2.00 bits per heavy atom. The van der Waals surface area contributed by atoms with Crippen molar-refractivity contribution in [3.8, 4) is 17.0 Å². The Hall–Kier alpha value is -3.81. The maximum Gasteiger partial charge on any atom is 0.412 e. The van der Waals surface area contributed by atoms with Crippen molar-refractivity contribution in [3.05, 3.63) is 60.6 Å². The number of ether oxygens (including phenoxy) is 2. The van der Waals surface area contributed by atoms with E-state index in [1.807, 2.05) is 71.8 Å². The van der Waals surface area contributed by atoms with Crippen molar-refractivity contribution >= 4 is 22.8 Å². The van der Waals surface area contributed by atoms with Crippen LogP contribution in [0, 0.1) is 0 Å². The molecule has 8 heteroatoms. The summed E-state index contributed by atoms with van der Waals surface area (Å²) in [4.78, 5) is 16.6. The molecular formula is C22H23N5O3. The lowest BCUT2D eigenvalue weighted by atomic mass is 10.1. The van der Waals surface area contributed by atoms with E-state index < -0.39 is 6.09 Å². The number of para-hydroxylation sites is 1. The minimum absolute atomic E-state index is 0.105. The van der Waals surface area contributed by atoms with Crippen molar-refractivity contribution in [2.45, 2.75) is 20.1 Å². The third-order valence-electron chi connectivity index (χ3n) is 4.87. The summed E-state index contributed by atoms with van der Waals surface area (Å²) in [5, 5.41) is 7.37. The maximum absolute atomic E-state index is 12.3. The highest BCUT2D eigenvalue weighted by Crippen LogP contribution is 2.29. The summed E-state index contributed by atoms with van der Waals surface area (Å²) in [6.07, 6.45) is 1.20. The Morgan fingerprint density at radius 1 is 1.17 bits per heavy atom. The summed E-state index contributed by atoms with van der Waals surface area (Å²) in [5.74, 6) is 0.744. The molecule has 0 radical (unpaired) electrons. The molecule has 154 valence electrons. The first-order valence-electron chi connectivity index (χ1n) is 9.64. The highest BCUT2D eigenvalue weighted by molar-refractivity contribution is 5.88. The molecule has 0 atom stereocenters. The Bertz CT molecular complexity index is 1190. The quantitative estimate of drug-likeness (QED) is 0.519. The van der Waals surface area contributed by atoms with Crippen LogP contribution in [0.4, 0.5) is 10.5 Å². The van der Waals surface area contributed by atoms with Crippen LogP contribution in [0.3, 0.4) is 0 Å². The Kier molecular flexibility index (Phi) is 5.38. The largest absolute Gasteiger partial charge is 0.496 e. The van der Waals surface area contributed by atoms with Gasteiger partial charge in [-0.25, -0.2) is 9.78 Å². The van der Waals surface area contributed by atoms with Gasteiger partial charge in [-0.1, -0.05) is 12.1 Å². The third-order valence-corrected chi connectivity index (χ3v) is 4.87. The molecule has 0 unspecified atom stereocenters. The predicted octanol–water partition coefficient (Wildman–Crippen LogP) is 4.21. The lowest BCUT2D eigenvalue weighted by Crippen LogP contribution is -2.15. The number of fused-ring (bicyclic) bond motifs is 1. The number of rotatable bonds is 6. The molecule has 0 fully saturated rings. The number of amides is 1. The number of carbonyl (C=O) groups is 1. The van der Waals surface area contributed by atoms with Gasteiger partial charge >= 0.3 is 6.09 Å². The molecule has 0 bridgehead atoms. The summed E-state index contributed by atoms with van der Waals surface area (Å²) < 4.78 is 14.6. The van der Waals surface area contributed by atoms with Crippen molar-refractivity contribution in [3.63, 3.8) is 0 Å². The monoisotopic (exact) mass is 405 g/mol. The molecule has 4 rings (SSSR count). The number of hydrogen-bond donors (Lipinski definition) is 1. The fraction of sp³-hybridized carbons (Fsp3) is 0.227. The molecule has 2 heterocycles. The number of hydrogen-bond acceptors (Lipinski definition) is 5. The van der Waals surface area contributed by atoms with E-state index in [1.54, 1.807) is 13.4 Å². The SMILES string of the molecule is CCn1nc(-c2ccccc2OC)cc1COC(=O)Nc1ccc2c(c1)ncn2C. The second kappa shape index (κ2) is 8.28. The molecule has 1 amide bonds. The molecule has 0 spiro atoms. The second-order valence-electron chi connectivity index (χ2n) is 6.80. The van der Waals surface area contributed by atoms with Crippen LogP contribution < -0.4 is 10.1 Å². The molecule has 2 aromatic carbocycles. The highest BCUT2D eigenvalue weighted by atomic mass is 16.5. The lowest BCUT2D eigenvalue weighted by Gasteiger charge is -2.08. The molecule has 8 nitrogen and oxygen atoms in total. The first kappa shape index (κ1) is 19.5. The van der Waals surface area contributed by atoms with E-state index in [4.69, 9.17) is 9.47 Å². The van der Waals surface area contributed by atoms with Gasteiger partial charge in [-0.2, -0.15) is 5.10 Å². The molecule has 0 aliphatic heterocycles. The van der Waals surface area contributed by atoms with Crippen LogP contribution in [0.2, 0.25) is 0 Å². The number of anilines is 1. The molecule has 30 heavy (non-hydrogen) atoms. The van der Waals surface area contributed by atoms with E-state index in [9.17, 15) is 4.79 Å². The number of aryl methyl sites for hydroxylation is 2. The number of nitrogens with one attached hydrogen (secondary N) is 1. The average Bonchev–Trinajstić information content (AvgIpc) is 3.35. The van der Waals surface area contributed by atoms with Gasteiger partial charge in [0, 0.05) is 24.8 Å². The van der Waals surface area contributed by atoms with Crippen LogP contribution in [0.5, 0.6) is 5.75 Å². The van der Waals surface area contributed by atoms with Gasteiger partial charge in [0.05, 0.1) is 35.9 Å². The average molecular weight is 405 g/mol. The van der Waals surface area contributed by atoms with Crippen LogP contribution in [0.25, 0.3) is 22.3 Å². The summed E-state index contributed by atoms with van der Waals surface area (Å²) >= 11 is 0. The predicted molar refractivity (Wildman–Crippen MR) is 114 cm³/mol. The van der Waals surface area contributed by atoms with E-state index in [2.05, 4.69) is 15.4 Å². The topological polar surface area (TPSA) is 83.2 Å². The lowest BCUT2D eigenvalue weighted by molar-refractivity contribution is 0.151. The van der Waals surface area contributed by atoms with Gasteiger partial charge in [0.15, 0.2) is 0 Å². The summed E-state index contributed by atoms with van der Waals surface area (Å²) in [7, 11) is 3.55. The van der Waals surface area contributed by atoms with Gasteiger partial charge in [-0.15, -0.1) is 0 Å². The molecule has 1 N–H and O–H groups in total. The van der Waals surface area contributed by atoms with Gasteiger partial charge in [0.25, 0.3) is 0 Å². The van der Waals surface area contributed by atoms with Crippen LogP contribution in [-0.4, -0.2) is 32.5 Å². The van der Waals surface area contributed by atoms with Crippen molar-refractivity contribution in [1.29, 1.82) is 0 Å². The second-order valence-corrected chi connectivity index (χ2v) is 6.80. The molecule has 0 saturated heterocycles. The van der Waals surface area contributed by atoms with Crippen LogP contribution in [-0.2, 0) is 24.9 Å². The molecular weight excluding hydrogens is 382 g/mol. The molecule has 2 aromatic heterocycles. The number of imidazole rings is 1. The van der Waals surface area contributed by atoms with Crippen molar-refractivity contribution in [2.24, 2.45) is 7.05 Å². The Balaban J connectivity index is 1.46. The zero-order valence-electron chi connectivity index (χ0n) is 17.1. The van der Waals surface area contributed by atoms with E-state index >= 15 is 0 Å². The van der Waals surface area contributed by atoms with Gasteiger partial charge in [-0.05, 0) is 43.3 Å². The minimum Gasteiger partial charge on any atom is -0.496 e. The van der Waals surface area contributed by atoms with E-state index in [1.165, 1.54) is 0 Å². The number of aromatic nitrogens is 4. The third kappa shape index (κ3) is 3.84. The number of nitrogens with zero attached hydrogens (tertiary/aromatic N) is 4. The minimum atomic E-state index is -0.534. The first-order valence-corrected chi connectivity index (χ1v) is 9.64. The van der Waals surface area contributed by atoms with Crippen molar-refractivity contribution in [1.82, 2.24) is 19.3 Å². The fourth-order valence-corrected chi connectivity index (χ4v) is 3.34. The van der Waals surface area contributed by atoms with Crippen LogP contribution >= 0.6 is 0 Å². The molecule has 0 aliphatic carbocycles. The molecule has 0 aliphatic rings. The summed E-state index contributed by atoms with van der Waals surface area (Å²) in [6.45, 7) is 2.75. The van der Waals surface area contributed by atoms with E-state index in [0.717, 1.165) is 33.7 Å². The van der Waals surface area contributed by atoms with Gasteiger partial charge < -0.3 is 14.0 Å². The molecule has 0 saturated carbocycles. The van der Waals surface area contributed by atoms with Gasteiger partial charge in [0.1, 0.15) is 12.4 Å². The zero-order valence-corrected chi connectivity index (χ0v) is 17.1. The summed E-state index contributed by atoms with van der Waals surface area (Å²) in [5.41, 5.74) is 4.89. The standard InChI is InChI=1S/C22H23N5O3/c1-4-27-16(12-18(25-27)17-7-5-6-8-21(17)29-3)13-30-22(28)24-15-9-10-20-19(11-15)23-14-26(20)2/h5-12,14H,4,13H2,1-3H3,(H,24,28). The zero-order chi connectivity index (χ0) is 21.1. The van der Waals surface area contributed by atoms with E-state index in [0.29, 0.717) is 12.2 Å². The van der Waals surface area contributed by atoms with Crippen LogP contribution in [0.1, 0.15) is 12.6 Å². The smallest absolute Gasteiger partial charge is 0.412 e. The van der Waals surface area contributed by atoms with Crippen molar-refractivity contribution in [2.75, 3.05) is 12.4 Å². The van der Waals surface area contributed by atoms with E-state index in [-0.39, 0.29) is 6.61 Å². The first-order chi connectivity index (χ1) is 14.6. The number of benzene rings is 2. The number of carbonyl (C=O) groups excluding carboxylic acids is 1. The van der Waals surface area contributed by atoms with Gasteiger partial charge in [0.2, 0.25) is 0 Å². The Morgan fingerprint density at radius 3 is 2.80 bits per heavy atom. The fourth-order valence-electron chi connectivity index (χ4n) is 3.34. The molecule has 4 aromatic rings. The Labute approximate surface area is 174 Å².